The Bertz CT molecular complexity index is 652. The van der Waals surface area contributed by atoms with Crippen LogP contribution in [0.15, 0.2) is 0 Å². The van der Waals surface area contributed by atoms with Gasteiger partial charge in [-0.2, -0.15) is 0 Å². The van der Waals surface area contributed by atoms with Crippen molar-refractivity contribution in [3.8, 4) is 0 Å². The summed E-state index contributed by atoms with van der Waals surface area (Å²) in [7, 11) is 0. The van der Waals surface area contributed by atoms with E-state index in [4.69, 9.17) is 37.9 Å². The van der Waals surface area contributed by atoms with Gasteiger partial charge in [0.15, 0.2) is 0 Å². The Labute approximate surface area is 321 Å². The molecule has 0 saturated heterocycles. The van der Waals surface area contributed by atoms with Gasteiger partial charge in [0.05, 0.1) is 85.9 Å². The van der Waals surface area contributed by atoms with Crippen LogP contribution in [0.5, 0.6) is 0 Å². The molecule has 0 bridgehead atoms. The third-order valence-electron chi connectivity index (χ3n) is 9.10. The van der Waals surface area contributed by atoms with Crippen molar-refractivity contribution in [3.63, 3.8) is 0 Å². The van der Waals surface area contributed by atoms with E-state index < -0.39 is 0 Å². The second-order valence-electron chi connectivity index (χ2n) is 14.0. The van der Waals surface area contributed by atoms with Crippen molar-refractivity contribution >= 4 is 5.97 Å². The molecule has 0 fully saturated rings. The molecule has 0 rings (SSSR count). The molecule has 0 heterocycles. The third-order valence-corrected chi connectivity index (χ3v) is 9.10. The summed E-state index contributed by atoms with van der Waals surface area (Å²) in [6.07, 6.45) is 32.3. The molecule has 9 heteroatoms. The topological polar surface area (TPSA) is 90.9 Å². The fourth-order valence-electron chi connectivity index (χ4n) is 5.86. The quantitative estimate of drug-likeness (QED) is 0.0446. The van der Waals surface area contributed by atoms with Crippen molar-refractivity contribution in [1.82, 2.24) is 0 Å². The molecule has 0 aliphatic heterocycles. The lowest BCUT2D eigenvalue weighted by atomic mass is 10.0. The lowest BCUT2D eigenvalue weighted by molar-refractivity contribution is -0.145. The molecular weight excluding hydrogens is 660 g/mol. The molecule has 0 amide bonds. The van der Waals surface area contributed by atoms with Gasteiger partial charge in [0, 0.05) is 13.0 Å². The SMILES string of the molecule is CCCCCCCCCCCCCCCC(=O)OCCOCCOCCOCCOCCOCCOCCOCCCCCCCCCCCCC. The van der Waals surface area contributed by atoms with Gasteiger partial charge in [0.25, 0.3) is 0 Å². The summed E-state index contributed by atoms with van der Waals surface area (Å²) in [5, 5.41) is 0. The average molecular weight is 747 g/mol. The molecule has 312 valence electrons. The predicted molar refractivity (Wildman–Crippen MR) is 213 cm³/mol. The van der Waals surface area contributed by atoms with E-state index in [2.05, 4.69) is 13.8 Å². The highest BCUT2D eigenvalue weighted by Crippen LogP contribution is 2.13. The summed E-state index contributed by atoms with van der Waals surface area (Å²) in [5.74, 6) is -0.122. The number of hydrogen-bond acceptors (Lipinski definition) is 9. The standard InChI is InChI=1S/C43H86O9/c1-3-5-7-9-11-13-15-16-17-19-21-23-25-27-43(44)52-42-41-51-40-39-50-38-37-49-36-35-48-34-33-47-32-31-46-30-29-45-28-26-24-22-20-18-14-12-10-8-6-4-2/h3-42H2,1-2H3. The molecule has 9 nitrogen and oxygen atoms in total. The Morgan fingerprint density at radius 1 is 0.269 bits per heavy atom. The van der Waals surface area contributed by atoms with Gasteiger partial charge in [0.1, 0.15) is 6.61 Å². The molecule has 0 N–H and O–H groups in total. The smallest absolute Gasteiger partial charge is 0.305 e. The molecule has 0 spiro atoms. The Balaban J connectivity index is 3.12. The Morgan fingerprint density at radius 2 is 0.500 bits per heavy atom. The third kappa shape index (κ3) is 47.2. The minimum Gasteiger partial charge on any atom is -0.463 e. The minimum atomic E-state index is -0.122. The number of rotatable bonds is 47. The Morgan fingerprint density at radius 3 is 0.808 bits per heavy atom. The van der Waals surface area contributed by atoms with E-state index in [0.29, 0.717) is 98.9 Å². The molecule has 0 aliphatic carbocycles. The molecule has 0 aromatic carbocycles. The highest BCUT2D eigenvalue weighted by molar-refractivity contribution is 5.69. The van der Waals surface area contributed by atoms with Gasteiger partial charge in [-0.3, -0.25) is 4.79 Å². The molecule has 52 heavy (non-hydrogen) atoms. The van der Waals surface area contributed by atoms with Crippen molar-refractivity contribution in [2.75, 3.05) is 99.1 Å². The first-order chi connectivity index (χ1) is 25.8. The second-order valence-corrected chi connectivity index (χ2v) is 14.0. The van der Waals surface area contributed by atoms with Crippen molar-refractivity contribution < 1.29 is 42.7 Å². The van der Waals surface area contributed by atoms with Crippen molar-refractivity contribution in [1.29, 1.82) is 0 Å². The molecule has 0 aromatic heterocycles. The molecule has 0 aromatic rings. The second kappa shape index (κ2) is 48.2. The molecule has 0 atom stereocenters. The number of carbonyl (C=O) groups is 1. The van der Waals surface area contributed by atoms with E-state index in [1.165, 1.54) is 135 Å². The summed E-state index contributed by atoms with van der Waals surface area (Å²) < 4.78 is 44.1. The van der Waals surface area contributed by atoms with Gasteiger partial charge in [-0.1, -0.05) is 155 Å². The zero-order valence-electron chi connectivity index (χ0n) is 34.5. The van der Waals surface area contributed by atoms with Gasteiger partial charge in [-0.25, -0.2) is 0 Å². The van der Waals surface area contributed by atoms with Gasteiger partial charge in [-0.15, -0.1) is 0 Å². The molecule has 0 unspecified atom stereocenters. The van der Waals surface area contributed by atoms with Crippen LogP contribution in [0.2, 0.25) is 0 Å². The van der Waals surface area contributed by atoms with Gasteiger partial charge in [-0.05, 0) is 12.8 Å². The first kappa shape index (κ1) is 51.2. The highest BCUT2D eigenvalue weighted by Gasteiger charge is 2.03. The van der Waals surface area contributed by atoms with E-state index in [-0.39, 0.29) is 5.97 Å². The lowest BCUT2D eigenvalue weighted by Crippen LogP contribution is -2.15. The normalized spacial score (nSPS) is 11.5. The summed E-state index contributed by atoms with van der Waals surface area (Å²) in [6, 6.07) is 0. The number of unbranched alkanes of at least 4 members (excludes halogenated alkanes) is 22. The fraction of sp³-hybridized carbons (Fsp3) is 0.977. The average Bonchev–Trinajstić information content (AvgIpc) is 3.15. The van der Waals surface area contributed by atoms with Crippen molar-refractivity contribution in [2.45, 2.75) is 174 Å². The van der Waals surface area contributed by atoms with Crippen LogP contribution in [-0.4, -0.2) is 105 Å². The van der Waals surface area contributed by atoms with E-state index >= 15 is 0 Å². The van der Waals surface area contributed by atoms with Gasteiger partial charge < -0.3 is 37.9 Å². The van der Waals surface area contributed by atoms with Crippen LogP contribution in [0.4, 0.5) is 0 Å². The van der Waals surface area contributed by atoms with Crippen LogP contribution in [0.25, 0.3) is 0 Å². The maximum absolute atomic E-state index is 11.9. The number of carbonyl (C=O) groups excluding carboxylic acids is 1. The molecule has 0 saturated carbocycles. The lowest BCUT2D eigenvalue weighted by Gasteiger charge is -2.09. The number of hydrogen-bond donors (Lipinski definition) is 0. The maximum Gasteiger partial charge on any atom is 0.305 e. The van der Waals surface area contributed by atoms with E-state index in [9.17, 15) is 4.79 Å². The molecule has 0 radical (unpaired) electrons. The van der Waals surface area contributed by atoms with Crippen molar-refractivity contribution in [3.05, 3.63) is 0 Å². The Kier molecular flexibility index (Phi) is 47.5. The van der Waals surface area contributed by atoms with Crippen LogP contribution >= 0.6 is 0 Å². The largest absolute Gasteiger partial charge is 0.463 e. The van der Waals surface area contributed by atoms with Crippen LogP contribution in [-0.2, 0) is 42.7 Å². The maximum atomic E-state index is 11.9. The number of esters is 1. The summed E-state index contributed by atoms with van der Waals surface area (Å²) in [6.45, 7) is 12.6. The Hall–Kier alpha value is -0.810. The van der Waals surface area contributed by atoms with E-state index in [1.807, 2.05) is 0 Å². The number of ether oxygens (including phenoxy) is 8. The highest BCUT2D eigenvalue weighted by atomic mass is 16.6. The first-order valence-electron chi connectivity index (χ1n) is 22.0. The summed E-state index contributed by atoms with van der Waals surface area (Å²) in [5.41, 5.74) is 0. The van der Waals surface area contributed by atoms with Crippen LogP contribution < -0.4 is 0 Å². The van der Waals surface area contributed by atoms with Gasteiger partial charge >= 0.3 is 5.97 Å². The first-order valence-corrected chi connectivity index (χ1v) is 22.0. The zero-order valence-corrected chi connectivity index (χ0v) is 34.5. The minimum absolute atomic E-state index is 0.122. The van der Waals surface area contributed by atoms with E-state index in [0.717, 1.165) is 25.9 Å². The fourth-order valence-corrected chi connectivity index (χ4v) is 5.86. The van der Waals surface area contributed by atoms with Crippen LogP contribution in [0.1, 0.15) is 174 Å². The molecule has 0 aliphatic rings. The van der Waals surface area contributed by atoms with Gasteiger partial charge in [0.2, 0.25) is 0 Å². The zero-order chi connectivity index (χ0) is 37.5. The summed E-state index contributed by atoms with van der Waals surface area (Å²) >= 11 is 0. The van der Waals surface area contributed by atoms with E-state index in [1.54, 1.807) is 0 Å². The predicted octanol–water partition coefficient (Wildman–Crippen LogP) is 10.4. The summed E-state index contributed by atoms with van der Waals surface area (Å²) in [4.78, 5) is 11.9. The monoisotopic (exact) mass is 747 g/mol. The van der Waals surface area contributed by atoms with Crippen LogP contribution in [0, 0.1) is 0 Å². The van der Waals surface area contributed by atoms with Crippen molar-refractivity contribution in [2.24, 2.45) is 0 Å². The molecular formula is C43H86O9. The van der Waals surface area contributed by atoms with Crippen LogP contribution in [0.3, 0.4) is 0 Å².